The van der Waals surface area contributed by atoms with Crippen molar-refractivity contribution >= 4 is 21.6 Å². The zero-order valence-electron chi connectivity index (χ0n) is 15.3. The second-order valence-electron chi connectivity index (χ2n) is 6.80. The number of amides is 1. The molecule has 0 spiro atoms. The molecule has 1 atom stereocenters. The Morgan fingerprint density at radius 1 is 1.19 bits per heavy atom. The number of carbonyl (C=O) groups is 1. The molecule has 0 aromatic heterocycles. The van der Waals surface area contributed by atoms with Crippen molar-refractivity contribution in [3.8, 4) is 0 Å². The van der Waals surface area contributed by atoms with E-state index in [1.807, 2.05) is 6.92 Å². The number of aliphatic hydroxyl groups excluding tert-OH is 1. The summed E-state index contributed by atoms with van der Waals surface area (Å²) in [7, 11) is -3.55. The van der Waals surface area contributed by atoms with E-state index in [0.29, 0.717) is 23.4 Å². The summed E-state index contributed by atoms with van der Waals surface area (Å²) >= 11 is 0. The number of sulfonamides is 1. The Hall–Kier alpha value is -2.22. The molecule has 0 unspecified atom stereocenters. The van der Waals surface area contributed by atoms with Gasteiger partial charge in [0.25, 0.3) is 5.91 Å². The van der Waals surface area contributed by atoms with Crippen LogP contribution >= 0.6 is 0 Å². The van der Waals surface area contributed by atoms with Crippen molar-refractivity contribution in [2.45, 2.75) is 43.7 Å². The van der Waals surface area contributed by atoms with Crippen LogP contribution in [-0.2, 0) is 16.6 Å². The molecule has 0 bridgehead atoms. The summed E-state index contributed by atoms with van der Waals surface area (Å²) < 4.78 is 27.2. The van der Waals surface area contributed by atoms with Crippen LogP contribution in [0.3, 0.4) is 0 Å². The first-order valence-electron chi connectivity index (χ1n) is 9.05. The van der Waals surface area contributed by atoms with Gasteiger partial charge in [-0.05, 0) is 61.7 Å². The summed E-state index contributed by atoms with van der Waals surface area (Å²) in [4.78, 5) is 12.6. The zero-order chi connectivity index (χ0) is 19.4. The van der Waals surface area contributed by atoms with E-state index in [9.17, 15) is 18.3 Å². The second kappa shape index (κ2) is 8.21. The fraction of sp³-hybridized carbons (Fsp3) is 0.350. The average Bonchev–Trinajstić information content (AvgIpc) is 2.68. The molecular formula is C20H24N2O4S. The molecule has 6 nitrogen and oxygen atoms in total. The van der Waals surface area contributed by atoms with Gasteiger partial charge < -0.3 is 10.4 Å². The highest BCUT2D eigenvalue weighted by atomic mass is 32.2. The number of carbonyl (C=O) groups excluding carboxylic acids is 1. The van der Waals surface area contributed by atoms with Gasteiger partial charge in [-0.15, -0.1) is 0 Å². The van der Waals surface area contributed by atoms with E-state index in [0.717, 1.165) is 19.3 Å². The van der Waals surface area contributed by atoms with Crippen LogP contribution in [0.4, 0.5) is 5.69 Å². The molecule has 1 fully saturated rings. The molecule has 7 heteroatoms. The summed E-state index contributed by atoms with van der Waals surface area (Å²) in [6.07, 6.45) is 2.79. The third kappa shape index (κ3) is 4.37. The van der Waals surface area contributed by atoms with Crippen molar-refractivity contribution in [1.82, 2.24) is 4.31 Å². The van der Waals surface area contributed by atoms with Gasteiger partial charge in [0.1, 0.15) is 0 Å². The SMILES string of the molecule is C[C@H]1CCCCN1S(=O)(=O)c1ccc(C(=O)Nc2cccc(CO)c2)cc1. The first-order valence-corrected chi connectivity index (χ1v) is 10.5. The fourth-order valence-electron chi connectivity index (χ4n) is 3.29. The van der Waals surface area contributed by atoms with Crippen molar-refractivity contribution in [3.63, 3.8) is 0 Å². The Kier molecular flexibility index (Phi) is 5.94. The lowest BCUT2D eigenvalue weighted by atomic mass is 10.1. The Balaban J connectivity index is 1.75. The van der Waals surface area contributed by atoms with Crippen molar-refractivity contribution in [2.24, 2.45) is 0 Å². The summed E-state index contributed by atoms with van der Waals surface area (Å²) in [5.41, 5.74) is 1.64. The molecule has 3 rings (SSSR count). The number of nitrogens with one attached hydrogen (secondary N) is 1. The van der Waals surface area contributed by atoms with Crippen LogP contribution in [0.25, 0.3) is 0 Å². The Bertz CT molecular complexity index is 910. The lowest BCUT2D eigenvalue weighted by molar-refractivity contribution is 0.102. The third-order valence-corrected chi connectivity index (χ3v) is 6.86. The quantitative estimate of drug-likeness (QED) is 0.824. The minimum atomic E-state index is -3.55. The zero-order valence-corrected chi connectivity index (χ0v) is 16.1. The molecule has 2 aromatic carbocycles. The number of rotatable bonds is 5. The van der Waals surface area contributed by atoms with E-state index < -0.39 is 10.0 Å². The fourth-order valence-corrected chi connectivity index (χ4v) is 4.99. The maximum Gasteiger partial charge on any atom is 0.255 e. The number of piperidine rings is 1. The predicted octanol–water partition coefficient (Wildman–Crippen LogP) is 2.99. The van der Waals surface area contributed by atoms with Gasteiger partial charge in [0.05, 0.1) is 11.5 Å². The Morgan fingerprint density at radius 3 is 2.59 bits per heavy atom. The molecule has 0 saturated carbocycles. The first kappa shape index (κ1) is 19.5. The summed E-state index contributed by atoms with van der Waals surface area (Å²) in [5, 5.41) is 11.9. The molecule has 0 radical (unpaired) electrons. The molecule has 1 amide bonds. The summed E-state index contributed by atoms with van der Waals surface area (Å²) in [6, 6.07) is 12.9. The lowest BCUT2D eigenvalue weighted by Gasteiger charge is -2.32. The van der Waals surface area contributed by atoms with E-state index in [2.05, 4.69) is 5.32 Å². The molecule has 27 heavy (non-hydrogen) atoms. The molecule has 1 saturated heterocycles. The minimum Gasteiger partial charge on any atom is -0.392 e. The molecular weight excluding hydrogens is 364 g/mol. The van der Waals surface area contributed by atoms with E-state index in [4.69, 9.17) is 0 Å². The number of hydrogen-bond acceptors (Lipinski definition) is 4. The number of anilines is 1. The molecule has 2 N–H and O–H groups in total. The number of hydrogen-bond donors (Lipinski definition) is 2. The van der Waals surface area contributed by atoms with Gasteiger partial charge in [-0.25, -0.2) is 8.42 Å². The normalized spacial score (nSPS) is 18.2. The van der Waals surface area contributed by atoms with Crippen LogP contribution in [-0.4, -0.2) is 36.3 Å². The molecule has 1 heterocycles. The van der Waals surface area contributed by atoms with E-state index in [1.165, 1.54) is 24.3 Å². The van der Waals surface area contributed by atoms with Crippen LogP contribution < -0.4 is 5.32 Å². The van der Waals surface area contributed by atoms with Crippen LogP contribution in [0.1, 0.15) is 42.1 Å². The van der Waals surface area contributed by atoms with E-state index in [-0.39, 0.29) is 23.5 Å². The number of benzene rings is 2. The van der Waals surface area contributed by atoms with Crippen molar-refractivity contribution in [2.75, 3.05) is 11.9 Å². The van der Waals surface area contributed by atoms with Gasteiger partial charge >= 0.3 is 0 Å². The average molecular weight is 388 g/mol. The standard InChI is InChI=1S/C20H24N2O4S/c1-15-5-2-3-12-22(15)27(25,26)19-10-8-17(9-11-19)20(24)21-18-7-4-6-16(13-18)14-23/h4,6-11,13,15,23H,2-3,5,12,14H2,1H3,(H,21,24)/t15-/m0/s1. The summed E-state index contributed by atoms with van der Waals surface area (Å²) in [5.74, 6) is -0.333. The number of aliphatic hydroxyl groups is 1. The molecule has 1 aliphatic heterocycles. The van der Waals surface area contributed by atoms with Gasteiger partial charge in [0, 0.05) is 23.8 Å². The summed E-state index contributed by atoms with van der Waals surface area (Å²) in [6.45, 7) is 2.36. The lowest BCUT2D eigenvalue weighted by Crippen LogP contribution is -2.41. The first-order chi connectivity index (χ1) is 12.9. The van der Waals surface area contributed by atoms with Crippen LogP contribution in [0.15, 0.2) is 53.4 Å². The molecule has 2 aromatic rings. The number of nitrogens with zero attached hydrogens (tertiary/aromatic N) is 1. The molecule has 0 aliphatic carbocycles. The minimum absolute atomic E-state index is 0.00877. The van der Waals surface area contributed by atoms with Gasteiger partial charge in [-0.3, -0.25) is 4.79 Å². The highest BCUT2D eigenvalue weighted by Gasteiger charge is 2.30. The Labute approximate surface area is 159 Å². The van der Waals surface area contributed by atoms with Crippen molar-refractivity contribution in [3.05, 3.63) is 59.7 Å². The Morgan fingerprint density at radius 2 is 1.93 bits per heavy atom. The second-order valence-corrected chi connectivity index (χ2v) is 8.69. The van der Waals surface area contributed by atoms with Gasteiger partial charge in [-0.2, -0.15) is 4.31 Å². The smallest absolute Gasteiger partial charge is 0.255 e. The van der Waals surface area contributed by atoms with Crippen molar-refractivity contribution in [1.29, 1.82) is 0 Å². The maximum atomic E-state index is 12.8. The van der Waals surface area contributed by atoms with Gasteiger partial charge in [0.2, 0.25) is 10.0 Å². The highest BCUT2D eigenvalue weighted by molar-refractivity contribution is 7.89. The third-order valence-electron chi connectivity index (χ3n) is 4.83. The highest BCUT2D eigenvalue weighted by Crippen LogP contribution is 2.25. The van der Waals surface area contributed by atoms with Gasteiger partial charge in [0.15, 0.2) is 0 Å². The topological polar surface area (TPSA) is 86.7 Å². The van der Waals surface area contributed by atoms with Crippen LogP contribution in [0, 0.1) is 0 Å². The van der Waals surface area contributed by atoms with E-state index >= 15 is 0 Å². The van der Waals surface area contributed by atoms with Crippen molar-refractivity contribution < 1.29 is 18.3 Å². The predicted molar refractivity (Wildman–Crippen MR) is 104 cm³/mol. The maximum absolute atomic E-state index is 12.8. The monoisotopic (exact) mass is 388 g/mol. The molecule has 144 valence electrons. The van der Waals surface area contributed by atoms with Crippen LogP contribution in [0.2, 0.25) is 0 Å². The molecule has 1 aliphatic rings. The van der Waals surface area contributed by atoms with Gasteiger partial charge in [-0.1, -0.05) is 18.6 Å². The van der Waals surface area contributed by atoms with Crippen LogP contribution in [0.5, 0.6) is 0 Å². The largest absolute Gasteiger partial charge is 0.392 e. The van der Waals surface area contributed by atoms with E-state index in [1.54, 1.807) is 28.6 Å².